The van der Waals surface area contributed by atoms with Gasteiger partial charge in [-0.1, -0.05) is 37.4 Å². The van der Waals surface area contributed by atoms with Gasteiger partial charge in [-0.25, -0.2) is 0 Å². The van der Waals surface area contributed by atoms with Gasteiger partial charge in [-0.2, -0.15) is 0 Å². The minimum Gasteiger partial charge on any atom is -0.504 e. The van der Waals surface area contributed by atoms with E-state index in [-0.39, 0.29) is 11.5 Å². The standard InChI is InChI=1S/C19H20O4/c1-3-9-22-18-7-5-14(12-16(18)20)11-15-6-8-19(17(21)13-15)23-10-4-2/h3-8,12-13,20-21H,1-2,9-11H2. The Labute approximate surface area is 135 Å². The van der Waals surface area contributed by atoms with Crippen LogP contribution in [-0.2, 0) is 6.42 Å². The zero-order chi connectivity index (χ0) is 16.7. The van der Waals surface area contributed by atoms with E-state index in [4.69, 9.17) is 9.47 Å². The first-order valence-corrected chi connectivity index (χ1v) is 7.25. The molecule has 120 valence electrons. The van der Waals surface area contributed by atoms with Crippen LogP contribution in [0.5, 0.6) is 23.0 Å². The quantitative estimate of drug-likeness (QED) is 0.728. The Morgan fingerprint density at radius 3 is 1.57 bits per heavy atom. The molecule has 0 saturated heterocycles. The Balaban J connectivity index is 2.09. The SMILES string of the molecule is C=CCOc1ccc(Cc2ccc(OCC=C)c(O)c2)cc1O. The van der Waals surface area contributed by atoms with Gasteiger partial charge >= 0.3 is 0 Å². The molecule has 0 spiro atoms. The van der Waals surface area contributed by atoms with E-state index in [9.17, 15) is 10.2 Å². The van der Waals surface area contributed by atoms with E-state index in [0.717, 1.165) is 11.1 Å². The summed E-state index contributed by atoms with van der Waals surface area (Å²) in [5.41, 5.74) is 1.82. The fourth-order valence-electron chi connectivity index (χ4n) is 2.12. The zero-order valence-electron chi connectivity index (χ0n) is 12.9. The minimum absolute atomic E-state index is 0.0829. The van der Waals surface area contributed by atoms with E-state index in [0.29, 0.717) is 31.1 Å². The summed E-state index contributed by atoms with van der Waals surface area (Å²) in [5.74, 6) is 1.01. The van der Waals surface area contributed by atoms with Gasteiger partial charge in [-0.05, 0) is 41.8 Å². The smallest absolute Gasteiger partial charge is 0.161 e. The fraction of sp³-hybridized carbons (Fsp3) is 0.158. The van der Waals surface area contributed by atoms with Gasteiger partial charge in [0, 0.05) is 0 Å². The summed E-state index contributed by atoms with van der Waals surface area (Å²) in [5, 5.41) is 19.9. The summed E-state index contributed by atoms with van der Waals surface area (Å²) < 4.78 is 10.7. The van der Waals surface area contributed by atoms with Crippen LogP contribution in [-0.4, -0.2) is 23.4 Å². The Bertz CT molecular complexity index is 632. The minimum atomic E-state index is 0.0829. The van der Waals surface area contributed by atoms with E-state index >= 15 is 0 Å². The first-order valence-electron chi connectivity index (χ1n) is 7.25. The maximum absolute atomic E-state index is 9.95. The monoisotopic (exact) mass is 312 g/mol. The normalized spacial score (nSPS) is 10.1. The molecule has 2 N–H and O–H groups in total. The van der Waals surface area contributed by atoms with Gasteiger partial charge < -0.3 is 19.7 Å². The fourth-order valence-corrected chi connectivity index (χ4v) is 2.12. The molecule has 0 amide bonds. The summed E-state index contributed by atoms with van der Waals surface area (Å²) in [6, 6.07) is 10.5. The largest absolute Gasteiger partial charge is 0.504 e. The van der Waals surface area contributed by atoms with Gasteiger partial charge in [-0.3, -0.25) is 0 Å². The molecule has 0 aliphatic heterocycles. The Morgan fingerprint density at radius 2 is 1.22 bits per heavy atom. The predicted octanol–water partition coefficient (Wildman–Crippen LogP) is 3.82. The number of phenolic OH excluding ortho intramolecular Hbond substituents is 2. The van der Waals surface area contributed by atoms with Crippen molar-refractivity contribution in [3.8, 4) is 23.0 Å². The average Bonchev–Trinajstić information content (AvgIpc) is 2.53. The lowest BCUT2D eigenvalue weighted by Crippen LogP contribution is -1.96. The van der Waals surface area contributed by atoms with Crippen molar-refractivity contribution in [2.45, 2.75) is 6.42 Å². The molecule has 0 saturated carbocycles. The van der Waals surface area contributed by atoms with Crippen LogP contribution >= 0.6 is 0 Å². The lowest BCUT2D eigenvalue weighted by atomic mass is 10.0. The van der Waals surface area contributed by atoms with E-state index < -0.39 is 0 Å². The van der Waals surface area contributed by atoms with Crippen molar-refractivity contribution in [2.24, 2.45) is 0 Å². The molecule has 0 aromatic heterocycles. The van der Waals surface area contributed by atoms with Crippen molar-refractivity contribution >= 4 is 0 Å². The topological polar surface area (TPSA) is 58.9 Å². The molecule has 4 nitrogen and oxygen atoms in total. The van der Waals surface area contributed by atoms with Gasteiger partial charge in [-0.15, -0.1) is 0 Å². The molecule has 23 heavy (non-hydrogen) atoms. The van der Waals surface area contributed by atoms with E-state index in [2.05, 4.69) is 13.2 Å². The average molecular weight is 312 g/mol. The Morgan fingerprint density at radius 1 is 0.783 bits per heavy atom. The summed E-state index contributed by atoms with van der Waals surface area (Å²) in [4.78, 5) is 0. The van der Waals surface area contributed by atoms with Crippen LogP contribution in [0.15, 0.2) is 61.7 Å². The first-order chi connectivity index (χ1) is 11.1. The number of rotatable bonds is 8. The van der Waals surface area contributed by atoms with Gasteiger partial charge in [0.1, 0.15) is 13.2 Å². The van der Waals surface area contributed by atoms with Gasteiger partial charge in [0.2, 0.25) is 0 Å². The van der Waals surface area contributed by atoms with E-state index in [1.165, 1.54) is 0 Å². The van der Waals surface area contributed by atoms with Crippen molar-refractivity contribution in [3.05, 3.63) is 72.8 Å². The number of aromatic hydroxyl groups is 2. The molecule has 0 aliphatic rings. The van der Waals surface area contributed by atoms with E-state index in [1.54, 1.807) is 36.4 Å². The second-order valence-corrected chi connectivity index (χ2v) is 4.98. The van der Waals surface area contributed by atoms with Crippen LogP contribution in [0, 0.1) is 0 Å². The number of ether oxygens (including phenoxy) is 2. The maximum atomic E-state index is 9.95. The van der Waals surface area contributed by atoms with Crippen molar-refractivity contribution in [1.82, 2.24) is 0 Å². The van der Waals surface area contributed by atoms with Gasteiger partial charge in [0.15, 0.2) is 23.0 Å². The molecule has 0 aliphatic carbocycles. The van der Waals surface area contributed by atoms with Crippen LogP contribution in [0.4, 0.5) is 0 Å². The molecule has 0 atom stereocenters. The molecule has 0 radical (unpaired) electrons. The molecule has 0 unspecified atom stereocenters. The Kier molecular flexibility index (Phi) is 5.69. The number of hydrogen-bond donors (Lipinski definition) is 2. The maximum Gasteiger partial charge on any atom is 0.161 e. The molecule has 2 rings (SSSR count). The van der Waals surface area contributed by atoms with Crippen molar-refractivity contribution < 1.29 is 19.7 Å². The highest BCUT2D eigenvalue weighted by Gasteiger charge is 2.07. The third kappa shape index (κ3) is 4.54. The van der Waals surface area contributed by atoms with Crippen LogP contribution < -0.4 is 9.47 Å². The highest BCUT2D eigenvalue weighted by atomic mass is 16.5. The third-order valence-corrected chi connectivity index (χ3v) is 3.17. The third-order valence-electron chi connectivity index (χ3n) is 3.17. The van der Waals surface area contributed by atoms with Gasteiger partial charge in [0.25, 0.3) is 0 Å². The molecule has 4 heteroatoms. The summed E-state index contributed by atoms with van der Waals surface area (Å²) in [7, 11) is 0. The first kappa shape index (κ1) is 16.5. The number of phenols is 2. The molecule has 0 bridgehead atoms. The van der Waals surface area contributed by atoms with Crippen LogP contribution in [0.3, 0.4) is 0 Å². The second kappa shape index (κ2) is 7.94. The molecular weight excluding hydrogens is 292 g/mol. The second-order valence-electron chi connectivity index (χ2n) is 4.98. The summed E-state index contributed by atoms with van der Waals surface area (Å²) >= 11 is 0. The highest BCUT2D eigenvalue weighted by molar-refractivity contribution is 5.46. The van der Waals surface area contributed by atoms with Crippen molar-refractivity contribution in [2.75, 3.05) is 13.2 Å². The van der Waals surface area contributed by atoms with E-state index in [1.807, 2.05) is 12.1 Å². The highest BCUT2D eigenvalue weighted by Crippen LogP contribution is 2.30. The van der Waals surface area contributed by atoms with Crippen LogP contribution in [0.25, 0.3) is 0 Å². The molecule has 2 aromatic carbocycles. The molecule has 2 aromatic rings. The number of benzene rings is 2. The number of hydrogen-bond acceptors (Lipinski definition) is 4. The lowest BCUT2D eigenvalue weighted by molar-refractivity contribution is 0.336. The van der Waals surface area contributed by atoms with Crippen molar-refractivity contribution in [1.29, 1.82) is 0 Å². The predicted molar refractivity (Wildman–Crippen MR) is 90.4 cm³/mol. The van der Waals surface area contributed by atoms with Gasteiger partial charge in [0.05, 0.1) is 0 Å². The Hall–Kier alpha value is -2.88. The lowest BCUT2D eigenvalue weighted by Gasteiger charge is -2.10. The van der Waals surface area contributed by atoms with Crippen LogP contribution in [0.2, 0.25) is 0 Å². The van der Waals surface area contributed by atoms with Crippen molar-refractivity contribution in [3.63, 3.8) is 0 Å². The summed E-state index contributed by atoms with van der Waals surface area (Å²) in [6.07, 6.45) is 3.81. The summed E-state index contributed by atoms with van der Waals surface area (Å²) in [6.45, 7) is 7.81. The molecular formula is C19H20O4. The molecule has 0 heterocycles. The molecule has 0 fully saturated rings. The zero-order valence-corrected chi connectivity index (χ0v) is 12.9. The van der Waals surface area contributed by atoms with Crippen LogP contribution in [0.1, 0.15) is 11.1 Å².